The Morgan fingerprint density at radius 2 is 2.08 bits per heavy atom. The zero-order valence-electron chi connectivity index (χ0n) is 12.3. The largest absolute Gasteiger partial charge is 0.505 e. The van der Waals surface area contributed by atoms with Gasteiger partial charge in [0.25, 0.3) is 5.56 Å². The van der Waals surface area contributed by atoms with Crippen LogP contribution >= 0.6 is 0 Å². The molecule has 1 aliphatic heterocycles. The first-order chi connectivity index (χ1) is 11.3. The summed E-state index contributed by atoms with van der Waals surface area (Å²) in [6.07, 6.45) is -4.51. The minimum Gasteiger partial charge on any atom is -0.505 e. The molecule has 2 aromatic rings. The summed E-state index contributed by atoms with van der Waals surface area (Å²) in [6.45, 7) is 0.538. The van der Waals surface area contributed by atoms with Crippen molar-refractivity contribution in [2.75, 3.05) is 6.54 Å². The van der Waals surface area contributed by atoms with Gasteiger partial charge in [-0.15, -0.1) is 0 Å². The van der Waals surface area contributed by atoms with Crippen LogP contribution in [0, 0.1) is 5.82 Å². The fraction of sp³-hybridized carbons (Fsp3) is 0.333. The van der Waals surface area contributed by atoms with Crippen molar-refractivity contribution in [1.82, 2.24) is 14.9 Å². The number of halogens is 4. The topological polar surface area (TPSA) is 69.2 Å². The number of hydrogen-bond donors (Lipinski definition) is 2. The van der Waals surface area contributed by atoms with Crippen molar-refractivity contribution in [2.45, 2.75) is 25.7 Å². The summed E-state index contributed by atoms with van der Waals surface area (Å²) in [7, 11) is 0. The first-order valence-corrected chi connectivity index (χ1v) is 7.13. The molecule has 128 valence electrons. The number of phenols is 1. The molecule has 1 aromatic carbocycles. The van der Waals surface area contributed by atoms with E-state index in [1.807, 2.05) is 0 Å². The Balaban J connectivity index is 1.87. The van der Waals surface area contributed by atoms with Crippen LogP contribution in [0.25, 0.3) is 0 Å². The second kappa shape index (κ2) is 5.90. The fourth-order valence-corrected chi connectivity index (χ4v) is 2.69. The molecule has 1 aliphatic rings. The maximum atomic E-state index is 13.4. The van der Waals surface area contributed by atoms with Gasteiger partial charge in [0.15, 0.2) is 11.6 Å². The molecule has 24 heavy (non-hydrogen) atoms. The number of H-pyrrole nitrogens is 1. The van der Waals surface area contributed by atoms with Crippen LogP contribution in [-0.2, 0) is 25.7 Å². The molecule has 2 heterocycles. The van der Waals surface area contributed by atoms with E-state index in [1.165, 1.54) is 12.1 Å². The number of aromatic nitrogens is 2. The molecule has 9 heteroatoms. The molecular formula is C15H13F4N3O2. The highest BCUT2D eigenvalue weighted by Gasteiger charge is 2.36. The molecule has 2 N–H and O–H groups in total. The average Bonchev–Trinajstić information content (AvgIpc) is 2.50. The summed E-state index contributed by atoms with van der Waals surface area (Å²) in [6, 6.07) is 4.08. The number of rotatable bonds is 2. The second-order valence-corrected chi connectivity index (χ2v) is 5.55. The van der Waals surface area contributed by atoms with Crippen molar-refractivity contribution in [3.05, 3.63) is 57.0 Å². The molecular weight excluding hydrogens is 330 g/mol. The van der Waals surface area contributed by atoms with E-state index in [2.05, 4.69) is 4.98 Å². The van der Waals surface area contributed by atoms with Crippen LogP contribution in [0.2, 0.25) is 0 Å². The van der Waals surface area contributed by atoms with Crippen LogP contribution in [0.3, 0.4) is 0 Å². The summed E-state index contributed by atoms with van der Waals surface area (Å²) in [5.74, 6) is -2.58. The van der Waals surface area contributed by atoms with E-state index in [0.29, 0.717) is 12.1 Å². The van der Waals surface area contributed by atoms with Crippen molar-refractivity contribution >= 4 is 0 Å². The lowest BCUT2D eigenvalue weighted by atomic mass is 10.1. The Labute approximate surface area is 133 Å². The third kappa shape index (κ3) is 3.12. The summed E-state index contributed by atoms with van der Waals surface area (Å²) in [5, 5.41) is 9.70. The molecule has 1 aromatic heterocycles. The Kier molecular flexibility index (Phi) is 4.04. The van der Waals surface area contributed by atoms with Gasteiger partial charge >= 0.3 is 6.18 Å². The van der Waals surface area contributed by atoms with Crippen molar-refractivity contribution in [3.63, 3.8) is 0 Å². The number of benzene rings is 1. The van der Waals surface area contributed by atoms with E-state index >= 15 is 0 Å². The standard InChI is InChI=1S/C15H13F4N3O2/c16-10-3-1-2-8(12(10)23)6-22-5-4-9-11(7-22)20-14(15(17,18)19)21-13(9)24/h1-3,23H,4-7H2,(H,20,21,24). The Bertz CT molecular complexity index is 832. The molecule has 0 bridgehead atoms. The van der Waals surface area contributed by atoms with Gasteiger partial charge in [0.05, 0.1) is 5.69 Å². The average molecular weight is 343 g/mol. The van der Waals surface area contributed by atoms with E-state index in [4.69, 9.17) is 0 Å². The molecule has 5 nitrogen and oxygen atoms in total. The minimum atomic E-state index is -4.74. The van der Waals surface area contributed by atoms with Crippen LogP contribution in [-0.4, -0.2) is 26.5 Å². The predicted molar refractivity (Wildman–Crippen MR) is 75.7 cm³/mol. The normalized spacial score (nSPS) is 15.3. The molecule has 0 atom stereocenters. The number of hydrogen-bond acceptors (Lipinski definition) is 4. The van der Waals surface area contributed by atoms with Gasteiger partial charge < -0.3 is 10.1 Å². The first-order valence-electron chi connectivity index (χ1n) is 7.13. The Hall–Kier alpha value is -2.42. The quantitative estimate of drug-likeness (QED) is 0.821. The van der Waals surface area contributed by atoms with Crippen LogP contribution in [0.5, 0.6) is 5.75 Å². The van der Waals surface area contributed by atoms with Gasteiger partial charge in [0, 0.05) is 30.8 Å². The Morgan fingerprint density at radius 1 is 1.33 bits per heavy atom. The number of aromatic amines is 1. The number of nitrogens with zero attached hydrogens (tertiary/aromatic N) is 2. The Morgan fingerprint density at radius 3 is 2.79 bits per heavy atom. The summed E-state index contributed by atoms with van der Waals surface area (Å²) < 4.78 is 51.6. The molecule has 0 spiro atoms. The predicted octanol–water partition coefficient (Wildman–Crippen LogP) is 2.19. The molecule has 0 saturated carbocycles. The van der Waals surface area contributed by atoms with Gasteiger partial charge in [-0.1, -0.05) is 12.1 Å². The third-order valence-corrected chi connectivity index (χ3v) is 3.89. The van der Waals surface area contributed by atoms with Gasteiger partial charge in [-0.3, -0.25) is 9.69 Å². The van der Waals surface area contributed by atoms with Crippen molar-refractivity contribution in [1.29, 1.82) is 0 Å². The lowest BCUT2D eigenvalue weighted by Gasteiger charge is -2.28. The maximum Gasteiger partial charge on any atom is 0.449 e. The fourth-order valence-electron chi connectivity index (χ4n) is 2.69. The lowest BCUT2D eigenvalue weighted by molar-refractivity contribution is -0.145. The molecule has 0 fully saturated rings. The van der Waals surface area contributed by atoms with Crippen molar-refractivity contribution in [3.8, 4) is 5.75 Å². The van der Waals surface area contributed by atoms with Crippen molar-refractivity contribution in [2.24, 2.45) is 0 Å². The van der Waals surface area contributed by atoms with E-state index in [-0.39, 0.29) is 30.8 Å². The zero-order chi connectivity index (χ0) is 17.5. The zero-order valence-corrected chi connectivity index (χ0v) is 12.3. The van der Waals surface area contributed by atoms with E-state index in [0.717, 1.165) is 6.07 Å². The highest BCUT2D eigenvalue weighted by molar-refractivity contribution is 5.33. The molecule has 0 amide bonds. The first kappa shape index (κ1) is 16.4. The number of aromatic hydroxyl groups is 1. The molecule has 0 saturated heterocycles. The summed E-state index contributed by atoms with van der Waals surface area (Å²) >= 11 is 0. The number of para-hydroxylation sites is 1. The third-order valence-electron chi connectivity index (χ3n) is 3.89. The van der Waals surface area contributed by atoms with Crippen molar-refractivity contribution < 1.29 is 22.7 Å². The van der Waals surface area contributed by atoms with Crippen LogP contribution in [0.1, 0.15) is 22.6 Å². The minimum absolute atomic E-state index is 0.0122. The molecule has 0 radical (unpaired) electrons. The molecule has 0 unspecified atom stereocenters. The summed E-state index contributed by atoms with van der Waals surface area (Å²) in [4.78, 5) is 18.8. The van der Waals surface area contributed by atoms with E-state index in [9.17, 15) is 27.5 Å². The number of alkyl halides is 3. The van der Waals surface area contributed by atoms with Gasteiger partial charge in [0.2, 0.25) is 5.82 Å². The van der Waals surface area contributed by atoms with Gasteiger partial charge in [-0.25, -0.2) is 9.37 Å². The lowest BCUT2D eigenvalue weighted by Crippen LogP contribution is -2.36. The molecule has 3 rings (SSSR count). The van der Waals surface area contributed by atoms with E-state index < -0.39 is 29.1 Å². The van der Waals surface area contributed by atoms with Gasteiger partial charge in [-0.05, 0) is 12.5 Å². The highest BCUT2D eigenvalue weighted by atomic mass is 19.4. The van der Waals surface area contributed by atoms with Crippen LogP contribution in [0.15, 0.2) is 23.0 Å². The number of phenolic OH excluding ortho intramolecular Hbond substituents is 1. The smallest absolute Gasteiger partial charge is 0.449 e. The SMILES string of the molecule is O=c1[nH]c(C(F)(F)F)nc2c1CCN(Cc1cccc(F)c1O)C2. The molecule has 0 aliphatic carbocycles. The maximum absolute atomic E-state index is 13.4. The van der Waals surface area contributed by atoms with Crippen LogP contribution < -0.4 is 5.56 Å². The monoisotopic (exact) mass is 343 g/mol. The van der Waals surface area contributed by atoms with Gasteiger partial charge in [0.1, 0.15) is 0 Å². The van der Waals surface area contributed by atoms with Crippen LogP contribution in [0.4, 0.5) is 17.6 Å². The van der Waals surface area contributed by atoms with E-state index in [1.54, 1.807) is 9.88 Å². The second-order valence-electron chi connectivity index (χ2n) is 5.55. The summed E-state index contributed by atoms with van der Waals surface area (Å²) in [5.41, 5.74) is -0.198. The number of fused-ring (bicyclic) bond motifs is 1. The van der Waals surface area contributed by atoms with Gasteiger partial charge in [-0.2, -0.15) is 13.2 Å². The highest BCUT2D eigenvalue weighted by Crippen LogP contribution is 2.28. The number of nitrogens with one attached hydrogen (secondary N) is 1.